The molecule has 1 aromatic carbocycles. The molecule has 1 aromatic heterocycles. The summed E-state index contributed by atoms with van der Waals surface area (Å²) >= 11 is 0. The van der Waals surface area contributed by atoms with Crippen molar-refractivity contribution in [3.63, 3.8) is 0 Å². The van der Waals surface area contributed by atoms with Crippen molar-refractivity contribution in [2.45, 2.75) is 19.9 Å². The molecule has 0 unspecified atom stereocenters. The normalized spacial score (nSPS) is 11.9. The van der Waals surface area contributed by atoms with Crippen LogP contribution in [0.5, 0.6) is 0 Å². The van der Waals surface area contributed by atoms with E-state index >= 15 is 0 Å². The Kier molecular flexibility index (Phi) is 3.93. The number of primary amides is 1. The number of rotatable bonds is 4. The van der Waals surface area contributed by atoms with E-state index in [0.29, 0.717) is 11.4 Å². The minimum Gasteiger partial charge on any atom is -0.370 e. The van der Waals surface area contributed by atoms with Gasteiger partial charge in [-0.2, -0.15) is 0 Å². The van der Waals surface area contributed by atoms with Gasteiger partial charge in [-0.25, -0.2) is 4.79 Å². The Balaban J connectivity index is 2.45. The monoisotopic (exact) mass is 288 g/mol. The van der Waals surface area contributed by atoms with Crippen LogP contribution in [-0.2, 0) is 4.79 Å². The summed E-state index contributed by atoms with van der Waals surface area (Å²) in [5.74, 6) is -0.712. The SMILES string of the molecule is Cc1ccc(N[C@@H](C(N)=O)c2c(C)[nH]c(=O)[nH]c2=O)cc1. The molecular formula is C14H16N4O3. The van der Waals surface area contributed by atoms with Crippen LogP contribution in [-0.4, -0.2) is 15.9 Å². The van der Waals surface area contributed by atoms with Gasteiger partial charge in [0.25, 0.3) is 5.56 Å². The fraction of sp³-hybridized carbons (Fsp3) is 0.214. The third-order valence-corrected chi connectivity index (χ3v) is 3.11. The Labute approximate surface area is 120 Å². The number of carbonyl (C=O) groups is 1. The van der Waals surface area contributed by atoms with Crippen molar-refractivity contribution in [1.29, 1.82) is 0 Å². The van der Waals surface area contributed by atoms with E-state index in [4.69, 9.17) is 5.73 Å². The Morgan fingerprint density at radius 2 is 1.76 bits per heavy atom. The van der Waals surface area contributed by atoms with Crippen LogP contribution < -0.4 is 22.3 Å². The minimum absolute atomic E-state index is 0.0997. The van der Waals surface area contributed by atoms with Crippen LogP contribution in [0, 0.1) is 13.8 Å². The molecule has 0 fully saturated rings. The number of hydrogen-bond acceptors (Lipinski definition) is 4. The predicted molar refractivity (Wildman–Crippen MR) is 79.2 cm³/mol. The number of anilines is 1. The molecule has 110 valence electrons. The van der Waals surface area contributed by atoms with E-state index in [9.17, 15) is 14.4 Å². The van der Waals surface area contributed by atoms with Gasteiger partial charge in [0.2, 0.25) is 5.91 Å². The fourth-order valence-corrected chi connectivity index (χ4v) is 2.06. The molecule has 0 spiro atoms. The Morgan fingerprint density at radius 1 is 1.14 bits per heavy atom. The number of benzene rings is 1. The second-order valence-electron chi connectivity index (χ2n) is 4.79. The van der Waals surface area contributed by atoms with Crippen LogP contribution in [0.25, 0.3) is 0 Å². The van der Waals surface area contributed by atoms with E-state index in [1.165, 1.54) is 0 Å². The van der Waals surface area contributed by atoms with Crippen molar-refractivity contribution in [3.05, 3.63) is 61.9 Å². The maximum atomic E-state index is 11.9. The highest BCUT2D eigenvalue weighted by molar-refractivity contribution is 5.84. The highest BCUT2D eigenvalue weighted by Crippen LogP contribution is 2.18. The van der Waals surface area contributed by atoms with Crippen LogP contribution in [0.1, 0.15) is 22.9 Å². The molecule has 0 aliphatic carbocycles. The lowest BCUT2D eigenvalue weighted by Crippen LogP contribution is -2.36. The second-order valence-corrected chi connectivity index (χ2v) is 4.79. The van der Waals surface area contributed by atoms with Gasteiger partial charge in [-0.05, 0) is 26.0 Å². The van der Waals surface area contributed by atoms with E-state index < -0.39 is 23.2 Å². The number of aromatic amines is 2. The molecule has 0 aliphatic rings. The summed E-state index contributed by atoms with van der Waals surface area (Å²) in [6, 6.07) is 6.25. The lowest BCUT2D eigenvalue weighted by molar-refractivity contribution is -0.118. The Hall–Kier alpha value is -2.83. The summed E-state index contributed by atoms with van der Waals surface area (Å²) in [6.45, 7) is 3.48. The maximum Gasteiger partial charge on any atom is 0.325 e. The molecule has 0 saturated carbocycles. The second kappa shape index (κ2) is 5.66. The summed E-state index contributed by atoms with van der Waals surface area (Å²) in [4.78, 5) is 39.4. The van der Waals surface area contributed by atoms with Crippen LogP contribution in [0.3, 0.4) is 0 Å². The van der Waals surface area contributed by atoms with E-state index in [1.807, 2.05) is 19.1 Å². The summed E-state index contributed by atoms with van der Waals surface area (Å²) < 4.78 is 0. The largest absolute Gasteiger partial charge is 0.370 e. The number of amides is 1. The molecule has 0 radical (unpaired) electrons. The highest BCUT2D eigenvalue weighted by Gasteiger charge is 2.23. The molecule has 0 saturated heterocycles. The maximum absolute atomic E-state index is 11.9. The first kappa shape index (κ1) is 14.6. The number of carbonyl (C=O) groups excluding carboxylic acids is 1. The standard InChI is InChI=1S/C14H16N4O3/c1-7-3-5-9(6-4-7)17-11(12(15)19)10-8(2)16-14(21)18-13(10)20/h3-6,11,17H,1-2H3,(H2,15,19)(H2,16,18,20,21)/t11-/m1/s1. The zero-order valence-corrected chi connectivity index (χ0v) is 11.7. The van der Waals surface area contributed by atoms with Gasteiger partial charge in [0.1, 0.15) is 6.04 Å². The molecular weight excluding hydrogens is 272 g/mol. The van der Waals surface area contributed by atoms with E-state index in [-0.39, 0.29) is 5.56 Å². The number of nitrogens with two attached hydrogens (primary N) is 1. The Morgan fingerprint density at radius 3 is 2.29 bits per heavy atom. The van der Waals surface area contributed by atoms with E-state index in [2.05, 4.69) is 15.3 Å². The number of nitrogens with one attached hydrogen (secondary N) is 3. The van der Waals surface area contributed by atoms with Crippen LogP contribution in [0.4, 0.5) is 5.69 Å². The summed E-state index contributed by atoms with van der Waals surface area (Å²) in [5, 5.41) is 2.91. The van der Waals surface area contributed by atoms with Crippen LogP contribution >= 0.6 is 0 Å². The van der Waals surface area contributed by atoms with Gasteiger partial charge in [-0.1, -0.05) is 17.7 Å². The third kappa shape index (κ3) is 3.19. The van der Waals surface area contributed by atoms with E-state index in [1.54, 1.807) is 19.1 Å². The molecule has 1 amide bonds. The summed E-state index contributed by atoms with van der Waals surface area (Å²) in [7, 11) is 0. The average Bonchev–Trinajstić information content (AvgIpc) is 2.38. The van der Waals surface area contributed by atoms with Gasteiger partial charge >= 0.3 is 5.69 Å². The molecule has 7 heteroatoms. The smallest absolute Gasteiger partial charge is 0.325 e. The minimum atomic E-state index is -1.03. The van der Waals surface area contributed by atoms with Gasteiger partial charge in [0, 0.05) is 11.4 Å². The molecule has 21 heavy (non-hydrogen) atoms. The van der Waals surface area contributed by atoms with Gasteiger partial charge < -0.3 is 16.0 Å². The number of aromatic nitrogens is 2. The van der Waals surface area contributed by atoms with Crippen molar-refractivity contribution >= 4 is 11.6 Å². The zero-order valence-electron chi connectivity index (χ0n) is 11.7. The summed E-state index contributed by atoms with van der Waals surface area (Å²) in [6.07, 6.45) is 0. The number of aryl methyl sites for hydroxylation is 2. The lowest BCUT2D eigenvalue weighted by Gasteiger charge is -2.17. The first-order valence-corrected chi connectivity index (χ1v) is 6.34. The van der Waals surface area contributed by atoms with E-state index in [0.717, 1.165) is 5.56 Å². The first-order valence-electron chi connectivity index (χ1n) is 6.34. The molecule has 7 nitrogen and oxygen atoms in total. The molecule has 1 atom stereocenters. The van der Waals surface area contributed by atoms with Crippen molar-refractivity contribution < 1.29 is 4.79 Å². The van der Waals surface area contributed by atoms with Gasteiger partial charge in [-0.3, -0.25) is 14.6 Å². The molecule has 0 aliphatic heterocycles. The molecule has 5 N–H and O–H groups in total. The van der Waals surface area contributed by atoms with Gasteiger partial charge in [0.15, 0.2) is 0 Å². The van der Waals surface area contributed by atoms with Gasteiger partial charge in [0.05, 0.1) is 5.56 Å². The highest BCUT2D eigenvalue weighted by atomic mass is 16.2. The fourth-order valence-electron chi connectivity index (χ4n) is 2.06. The van der Waals surface area contributed by atoms with Crippen molar-refractivity contribution in [3.8, 4) is 0 Å². The molecule has 1 heterocycles. The molecule has 2 aromatic rings. The number of hydrogen-bond donors (Lipinski definition) is 4. The van der Waals surface area contributed by atoms with Crippen molar-refractivity contribution in [2.24, 2.45) is 5.73 Å². The van der Waals surface area contributed by atoms with Crippen LogP contribution in [0.2, 0.25) is 0 Å². The van der Waals surface area contributed by atoms with Gasteiger partial charge in [-0.15, -0.1) is 0 Å². The third-order valence-electron chi connectivity index (χ3n) is 3.11. The predicted octanol–water partition coefficient (Wildman–Crippen LogP) is 0.319. The van der Waals surface area contributed by atoms with Crippen molar-refractivity contribution in [1.82, 2.24) is 9.97 Å². The molecule has 2 rings (SSSR count). The number of H-pyrrole nitrogens is 2. The average molecular weight is 288 g/mol. The zero-order chi connectivity index (χ0) is 15.6. The van der Waals surface area contributed by atoms with Crippen LogP contribution in [0.15, 0.2) is 33.9 Å². The lowest BCUT2D eigenvalue weighted by atomic mass is 10.1. The first-order chi connectivity index (χ1) is 9.88. The van der Waals surface area contributed by atoms with Crippen molar-refractivity contribution in [2.75, 3.05) is 5.32 Å². The quantitative estimate of drug-likeness (QED) is 0.647. The Bertz CT molecular complexity index is 774. The topological polar surface area (TPSA) is 121 Å². The molecule has 0 bridgehead atoms. The summed E-state index contributed by atoms with van der Waals surface area (Å²) in [5.41, 5.74) is 6.22.